The number of nitrogens with one attached hydrogen (secondary N) is 1. The lowest BCUT2D eigenvalue weighted by atomic mass is 10.1. The number of benzene rings is 1. The molecule has 0 saturated heterocycles. The minimum absolute atomic E-state index is 0.752. The van der Waals surface area contributed by atoms with E-state index in [2.05, 4.69) is 16.4 Å². The van der Waals surface area contributed by atoms with Crippen molar-refractivity contribution in [2.45, 2.75) is 20.0 Å². The van der Waals surface area contributed by atoms with Crippen molar-refractivity contribution in [1.29, 1.82) is 0 Å². The van der Waals surface area contributed by atoms with E-state index in [1.807, 2.05) is 49.1 Å². The number of para-hydroxylation sites is 1. The maximum absolute atomic E-state index is 5.75. The average Bonchev–Trinajstić information content (AvgIpc) is 2.94. The van der Waals surface area contributed by atoms with Crippen LogP contribution in [0.15, 0.2) is 41.1 Å². The molecule has 3 rings (SSSR count). The molecule has 0 fully saturated rings. The minimum Gasteiger partial charge on any atom is -0.461 e. The quantitative estimate of drug-likeness (QED) is 0.779. The summed E-state index contributed by atoms with van der Waals surface area (Å²) in [7, 11) is 2.00. The van der Waals surface area contributed by atoms with Gasteiger partial charge < -0.3 is 14.3 Å². The summed E-state index contributed by atoms with van der Waals surface area (Å²) in [6.07, 6.45) is 3.77. The summed E-state index contributed by atoms with van der Waals surface area (Å²) in [6.45, 7) is 3.55. The van der Waals surface area contributed by atoms with E-state index in [0.29, 0.717) is 0 Å². The normalized spacial score (nSPS) is 11.3. The molecule has 0 atom stereocenters. The van der Waals surface area contributed by atoms with Crippen molar-refractivity contribution < 1.29 is 4.42 Å². The van der Waals surface area contributed by atoms with E-state index in [1.54, 1.807) is 0 Å². The Morgan fingerprint density at radius 1 is 1.26 bits per heavy atom. The van der Waals surface area contributed by atoms with Gasteiger partial charge in [-0.25, -0.2) is 4.98 Å². The van der Waals surface area contributed by atoms with Crippen LogP contribution in [0.25, 0.3) is 11.0 Å². The Bertz CT molecular complexity index is 696. The van der Waals surface area contributed by atoms with E-state index in [0.717, 1.165) is 30.3 Å². The van der Waals surface area contributed by atoms with Crippen molar-refractivity contribution in [3.8, 4) is 0 Å². The van der Waals surface area contributed by atoms with Gasteiger partial charge in [-0.05, 0) is 13.0 Å². The van der Waals surface area contributed by atoms with Crippen molar-refractivity contribution >= 4 is 11.0 Å². The summed E-state index contributed by atoms with van der Waals surface area (Å²) in [5, 5.41) is 4.61. The first-order chi connectivity index (χ1) is 9.25. The molecule has 0 aliphatic rings. The summed E-state index contributed by atoms with van der Waals surface area (Å²) in [5.41, 5.74) is 2.18. The Balaban J connectivity index is 1.75. The largest absolute Gasteiger partial charge is 0.461 e. The van der Waals surface area contributed by atoms with Gasteiger partial charge in [0.2, 0.25) is 0 Å². The standard InChI is InChI=1S/C15H17N3O/c1-11-13(12-5-3-4-6-14(12)19-11)9-16-10-15-17-7-8-18(15)2/h3-8,16H,9-10H2,1-2H3. The first-order valence-corrected chi connectivity index (χ1v) is 6.39. The van der Waals surface area contributed by atoms with Crippen LogP contribution in [0.1, 0.15) is 17.1 Å². The van der Waals surface area contributed by atoms with Crippen LogP contribution in [0.2, 0.25) is 0 Å². The van der Waals surface area contributed by atoms with Crippen LogP contribution in [0.4, 0.5) is 0 Å². The van der Waals surface area contributed by atoms with E-state index < -0.39 is 0 Å². The fourth-order valence-electron chi connectivity index (χ4n) is 2.31. The number of nitrogens with zero attached hydrogens (tertiary/aromatic N) is 2. The van der Waals surface area contributed by atoms with E-state index in [9.17, 15) is 0 Å². The fourth-order valence-corrected chi connectivity index (χ4v) is 2.31. The summed E-state index contributed by atoms with van der Waals surface area (Å²) in [5.74, 6) is 2.01. The monoisotopic (exact) mass is 255 g/mol. The zero-order valence-electron chi connectivity index (χ0n) is 11.2. The lowest BCUT2D eigenvalue weighted by Gasteiger charge is -2.04. The van der Waals surface area contributed by atoms with Gasteiger partial charge in [-0.3, -0.25) is 0 Å². The molecule has 1 N–H and O–H groups in total. The average molecular weight is 255 g/mol. The SMILES string of the molecule is Cc1oc2ccccc2c1CNCc1nccn1C. The van der Waals surface area contributed by atoms with E-state index >= 15 is 0 Å². The van der Waals surface area contributed by atoms with Crippen molar-refractivity contribution in [2.24, 2.45) is 7.05 Å². The second-order valence-electron chi connectivity index (χ2n) is 4.69. The Labute approximate surface area is 112 Å². The molecule has 0 bridgehead atoms. The molecule has 19 heavy (non-hydrogen) atoms. The zero-order chi connectivity index (χ0) is 13.2. The Hall–Kier alpha value is -2.07. The van der Waals surface area contributed by atoms with Gasteiger partial charge in [0.15, 0.2) is 0 Å². The van der Waals surface area contributed by atoms with Crippen molar-refractivity contribution in [1.82, 2.24) is 14.9 Å². The molecule has 3 aromatic rings. The highest BCUT2D eigenvalue weighted by atomic mass is 16.3. The molecule has 0 unspecified atom stereocenters. The minimum atomic E-state index is 0.752. The number of aromatic nitrogens is 2. The number of hydrogen-bond acceptors (Lipinski definition) is 3. The Morgan fingerprint density at radius 3 is 2.89 bits per heavy atom. The van der Waals surface area contributed by atoms with Crippen molar-refractivity contribution in [3.63, 3.8) is 0 Å². The maximum atomic E-state index is 5.75. The molecule has 98 valence electrons. The van der Waals surface area contributed by atoms with Crippen molar-refractivity contribution in [2.75, 3.05) is 0 Å². The molecule has 4 heteroatoms. The predicted octanol–water partition coefficient (Wildman–Crippen LogP) is 2.76. The molecule has 0 spiro atoms. The second-order valence-corrected chi connectivity index (χ2v) is 4.69. The Kier molecular flexibility index (Phi) is 3.09. The van der Waals surface area contributed by atoms with Gasteiger partial charge in [0.1, 0.15) is 17.2 Å². The predicted molar refractivity (Wildman–Crippen MR) is 74.7 cm³/mol. The lowest BCUT2D eigenvalue weighted by Crippen LogP contribution is -2.15. The van der Waals surface area contributed by atoms with Gasteiger partial charge in [0.25, 0.3) is 0 Å². The van der Waals surface area contributed by atoms with Gasteiger partial charge in [-0.2, -0.15) is 0 Å². The molecular formula is C15H17N3O. The van der Waals surface area contributed by atoms with Gasteiger partial charge in [-0.1, -0.05) is 18.2 Å². The van der Waals surface area contributed by atoms with Gasteiger partial charge in [-0.15, -0.1) is 0 Å². The summed E-state index contributed by atoms with van der Waals surface area (Å²) < 4.78 is 7.77. The molecule has 2 aromatic heterocycles. The van der Waals surface area contributed by atoms with E-state index in [1.165, 1.54) is 10.9 Å². The zero-order valence-corrected chi connectivity index (χ0v) is 11.2. The highest BCUT2D eigenvalue weighted by Gasteiger charge is 2.09. The molecular weight excluding hydrogens is 238 g/mol. The summed E-state index contributed by atoms with van der Waals surface area (Å²) in [4.78, 5) is 4.30. The van der Waals surface area contributed by atoms with Crippen LogP contribution < -0.4 is 5.32 Å². The van der Waals surface area contributed by atoms with E-state index in [-0.39, 0.29) is 0 Å². The van der Waals surface area contributed by atoms with Crippen LogP contribution in [0.5, 0.6) is 0 Å². The molecule has 0 amide bonds. The molecule has 2 heterocycles. The lowest BCUT2D eigenvalue weighted by molar-refractivity contribution is 0.562. The topological polar surface area (TPSA) is 43.0 Å². The highest BCUT2D eigenvalue weighted by Crippen LogP contribution is 2.24. The van der Waals surface area contributed by atoms with Gasteiger partial charge in [0.05, 0.1) is 6.54 Å². The molecule has 1 aromatic carbocycles. The number of aryl methyl sites for hydroxylation is 2. The first-order valence-electron chi connectivity index (χ1n) is 6.39. The number of imidazole rings is 1. The van der Waals surface area contributed by atoms with Crippen LogP contribution >= 0.6 is 0 Å². The van der Waals surface area contributed by atoms with Crippen LogP contribution in [-0.2, 0) is 20.1 Å². The third-order valence-electron chi connectivity index (χ3n) is 3.41. The number of rotatable bonds is 4. The first kappa shape index (κ1) is 12.0. The third-order valence-corrected chi connectivity index (χ3v) is 3.41. The second kappa shape index (κ2) is 4.90. The highest BCUT2D eigenvalue weighted by molar-refractivity contribution is 5.82. The molecule has 0 saturated carbocycles. The third kappa shape index (κ3) is 2.27. The van der Waals surface area contributed by atoms with Gasteiger partial charge >= 0.3 is 0 Å². The van der Waals surface area contributed by atoms with Gasteiger partial charge in [0, 0.05) is 36.9 Å². The molecule has 0 aliphatic heterocycles. The Morgan fingerprint density at radius 2 is 2.11 bits per heavy atom. The molecule has 0 aliphatic carbocycles. The summed E-state index contributed by atoms with van der Waals surface area (Å²) in [6, 6.07) is 8.14. The van der Waals surface area contributed by atoms with E-state index in [4.69, 9.17) is 4.42 Å². The summed E-state index contributed by atoms with van der Waals surface area (Å²) >= 11 is 0. The smallest absolute Gasteiger partial charge is 0.134 e. The number of fused-ring (bicyclic) bond motifs is 1. The van der Waals surface area contributed by atoms with Crippen LogP contribution in [0.3, 0.4) is 0 Å². The molecule has 4 nitrogen and oxygen atoms in total. The maximum Gasteiger partial charge on any atom is 0.134 e. The van der Waals surface area contributed by atoms with Crippen LogP contribution in [-0.4, -0.2) is 9.55 Å². The number of furan rings is 1. The number of hydrogen-bond donors (Lipinski definition) is 1. The van der Waals surface area contributed by atoms with Crippen molar-refractivity contribution in [3.05, 3.63) is 53.8 Å². The van der Waals surface area contributed by atoms with Crippen LogP contribution in [0, 0.1) is 6.92 Å². The molecule has 0 radical (unpaired) electrons. The fraction of sp³-hybridized carbons (Fsp3) is 0.267.